The number of rotatable bonds is 6. The number of nitrogens with zero attached hydrogens (tertiary/aromatic N) is 1. The second-order valence-corrected chi connectivity index (χ2v) is 6.91. The largest absolute Gasteiger partial charge is 0.355 e. The van der Waals surface area contributed by atoms with Crippen LogP contribution in [0.4, 0.5) is 0 Å². The molecule has 24 heavy (non-hydrogen) atoms. The minimum atomic E-state index is -0.0323. The molecule has 1 amide bonds. The molecule has 7 heteroatoms. The first-order valence-electron chi connectivity index (χ1n) is 8.16. The van der Waals surface area contributed by atoms with E-state index in [1.54, 1.807) is 7.05 Å². The standard InChI is InChI=1S/C17H26N4OS.HI/c1-3-19-16(22)14-7-4-6-13(10-14)11-20-17(18-2)21-12-15-8-5-9-23-15;/h4,6-7,10,15H,3,5,8-9,11-12H2,1-2H3,(H,19,22)(H2,18,20,21);1H. The predicted molar refractivity (Wildman–Crippen MR) is 114 cm³/mol. The normalized spacial score (nSPS) is 17.1. The summed E-state index contributed by atoms with van der Waals surface area (Å²) in [4.78, 5) is 16.1. The maximum Gasteiger partial charge on any atom is 0.251 e. The van der Waals surface area contributed by atoms with Crippen molar-refractivity contribution in [1.29, 1.82) is 0 Å². The number of carbonyl (C=O) groups is 1. The van der Waals surface area contributed by atoms with E-state index in [0.717, 1.165) is 18.1 Å². The Morgan fingerprint density at radius 2 is 2.17 bits per heavy atom. The van der Waals surface area contributed by atoms with E-state index in [-0.39, 0.29) is 29.9 Å². The van der Waals surface area contributed by atoms with Gasteiger partial charge in [-0.3, -0.25) is 9.79 Å². The van der Waals surface area contributed by atoms with Crippen molar-refractivity contribution in [3.8, 4) is 0 Å². The van der Waals surface area contributed by atoms with E-state index in [0.29, 0.717) is 23.9 Å². The van der Waals surface area contributed by atoms with Gasteiger partial charge in [-0.25, -0.2) is 0 Å². The summed E-state index contributed by atoms with van der Waals surface area (Å²) in [6, 6.07) is 7.67. The van der Waals surface area contributed by atoms with Crippen molar-refractivity contribution in [3.05, 3.63) is 35.4 Å². The van der Waals surface area contributed by atoms with E-state index in [4.69, 9.17) is 0 Å². The van der Waals surface area contributed by atoms with Crippen molar-refractivity contribution < 1.29 is 4.79 Å². The molecule has 1 aliphatic heterocycles. The number of carbonyl (C=O) groups excluding carboxylic acids is 1. The lowest BCUT2D eigenvalue weighted by Gasteiger charge is -2.15. The van der Waals surface area contributed by atoms with Crippen LogP contribution in [0.15, 0.2) is 29.3 Å². The van der Waals surface area contributed by atoms with Gasteiger partial charge in [0.25, 0.3) is 5.91 Å². The Hall–Kier alpha value is -0.960. The minimum absolute atomic E-state index is 0. The highest BCUT2D eigenvalue weighted by Crippen LogP contribution is 2.25. The van der Waals surface area contributed by atoms with Gasteiger partial charge in [0.1, 0.15) is 0 Å². The number of halogens is 1. The number of amides is 1. The fourth-order valence-electron chi connectivity index (χ4n) is 2.51. The summed E-state index contributed by atoms with van der Waals surface area (Å²) in [6.45, 7) is 4.15. The maximum atomic E-state index is 11.9. The van der Waals surface area contributed by atoms with Crippen LogP contribution in [0.2, 0.25) is 0 Å². The molecule has 0 radical (unpaired) electrons. The Bertz CT molecular complexity index is 547. The van der Waals surface area contributed by atoms with Crippen LogP contribution in [-0.2, 0) is 6.54 Å². The van der Waals surface area contributed by atoms with Crippen molar-refractivity contribution in [3.63, 3.8) is 0 Å². The summed E-state index contributed by atoms with van der Waals surface area (Å²) < 4.78 is 0. The van der Waals surface area contributed by atoms with Gasteiger partial charge in [0.05, 0.1) is 0 Å². The van der Waals surface area contributed by atoms with E-state index >= 15 is 0 Å². The van der Waals surface area contributed by atoms with Gasteiger partial charge in [-0.1, -0.05) is 12.1 Å². The summed E-state index contributed by atoms with van der Waals surface area (Å²) >= 11 is 2.03. The summed E-state index contributed by atoms with van der Waals surface area (Å²) in [5.74, 6) is 2.04. The van der Waals surface area contributed by atoms with Crippen LogP contribution in [0.25, 0.3) is 0 Å². The highest BCUT2D eigenvalue weighted by atomic mass is 127. The average Bonchev–Trinajstić information content (AvgIpc) is 3.09. The second-order valence-electron chi connectivity index (χ2n) is 5.50. The smallest absolute Gasteiger partial charge is 0.251 e. The predicted octanol–water partition coefficient (Wildman–Crippen LogP) is 2.61. The van der Waals surface area contributed by atoms with Gasteiger partial charge >= 0.3 is 0 Å². The number of nitrogens with one attached hydrogen (secondary N) is 3. The minimum Gasteiger partial charge on any atom is -0.355 e. The zero-order chi connectivity index (χ0) is 16.5. The Labute approximate surface area is 165 Å². The van der Waals surface area contributed by atoms with Crippen molar-refractivity contribution in [2.45, 2.75) is 31.6 Å². The zero-order valence-electron chi connectivity index (χ0n) is 14.3. The van der Waals surface area contributed by atoms with E-state index < -0.39 is 0 Å². The monoisotopic (exact) mass is 462 g/mol. The Kier molecular flexibility index (Phi) is 10.2. The van der Waals surface area contributed by atoms with E-state index in [1.165, 1.54) is 18.6 Å². The van der Waals surface area contributed by atoms with Crippen molar-refractivity contribution in [2.24, 2.45) is 4.99 Å². The van der Waals surface area contributed by atoms with Crippen LogP contribution < -0.4 is 16.0 Å². The first-order valence-corrected chi connectivity index (χ1v) is 9.21. The SMILES string of the molecule is CCNC(=O)c1cccc(CNC(=NC)NCC2CCCS2)c1.I. The molecule has 0 spiro atoms. The number of aliphatic imine (C=N–C) groups is 1. The molecule has 1 heterocycles. The van der Waals surface area contributed by atoms with Gasteiger partial charge < -0.3 is 16.0 Å². The fraction of sp³-hybridized carbons (Fsp3) is 0.529. The molecule has 1 fully saturated rings. The third-order valence-corrected chi connectivity index (χ3v) is 5.13. The van der Waals surface area contributed by atoms with Crippen LogP contribution in [0, 0.1) is 0 Å². The number of thioether (sulfide) groups is 1. The molecule has 134 valence electrons. The van der Waals surface area contributed by atoms with Gasteiger partial charge in [-0.05, 0) is 43.2 Å². The van der Waals surface area contributed by atoms with E-state index in [1.807, 2.05) is 43.0 Å². The third kappa shape index (κ3) is 6.88. The fourth-order valence-corrected chi connectivity index (χ4v) is 3.71. The lowest BCUT2D eigenvalue weighted by molar-refractivity contribution is 0.0955. The molecule has 2 rings (SSSR count). The summed E-state index contributed by atoms with van der Waals surface area (Å²) in [5.41, 5.74) is 1.75. The molecule has 5 nitrogen and oxygen atoms in total. The van der Waals surface area contributed by atoms with E-state index in [9.17, 15) is 4.79 Å². The first kappa shape index (κ1) is 21.1. The molecular formula is C17H27IN4OS. The topological polar surface area (TPSA) is 65.5 Å². The quantitative estimate of drug-likeness (QED) is 0.346. The van der Waals surface area contributed by atoms with Gasteiger partial charge in [0.2, 0.25) is 0 Å². The molecule has 0 bridgehead atoms. The average molecular weight is 462 g/mol. The summed E-state index contributed by atoms with van der Waals surface area (Å²) in [5, 5.41) is 10.2. The van der Waals surface area contributed by atoms with Crippen LogP contribution >= 0.6 is 35.7 Å². The molecule has 1 aliphatic rings. The molecule has 0 aliphatic carbocycles. The molecule has 1 unspecified atom stereocenters. The first-order chi connectivity index (χ1) is 11.2. The number of hydrogen-bond donors (Lipinski definition) is 3. The Morgan fingerprint density at radius 1 is 1.33 bits per heavy atom. The molecule has 3 N–H and O–H groups in total. The Morgan fingerprint density at radius 3 is 2.83 bits per heavy atom. The lowest BCUT2D eigenvalue weighted by atomic mass is 10.1. The Balaban J connectivity index is 0.00000288. The maximum absolute atomic E-state index is 11.9. The van der Waals surface area contributed by atoms with Gasteiger partial charge in [0, 0.05) is 37.5 Å². The molecule has 1 aromatic rings. The highest BCUT2D eigenvalue weighted by Gasteiger charge is 2.15. The number of hydrogen-bond acceptors (Lipinski definition) is 3. The number of guanidine groups is 1. The molecular weight excluding hydrogens is 435 g/mol. The molecule has 1 saturated heterocycles. The van der Waals surface area contributed by atoms with Crippen LogP contribution in [-0.4, -0.2) is 43.0 Å². The van der Waals surface area contributed by atoms with Crippen LogP contribution in [0.3, 0.4) is 0 Å². The lowest BCUT2D eigenvalue weighted by Crippen LogP contribution is -2.39. The summed E-state index contributed by atoms with van der Waals surface area (Å²) in [7, 11) is 1.78. The summed E-state index contributed by atoms with van der Waals surface area (Å²) in [6.07, 6.45) is 2.60. The highest BCUT2D eigenvalue weighted by molar-refractivity contribution is 14.0. The van der Waals surface area contributed by atoms with Gasteiger partial charge in [-0.15, -0.1) is 24.0 Å². The van der Waals surface area contributed by atoms with Crippen molar-refractivity contribution in [2.75, 3.05) is 25.9 Å². The van der Waals surface area contributed by atoms with Crippen molar-refractivity contribution in [1.82, 2.24) is 16.0 Å². The second kappa shape index (κ2) is 11.6. The van der Waals surface area contributed by atoms with Crippen LogP contribution in [0.1, 0.15) is 35.7 Å². The molecule has 1 atom stereocenters. The molecule has 1 aromatic carbocycles. The van der Waals surface area contributed by atoms with Gasteiger partial charge in [0.15, 0.2) is 5.96 Å². The number of benzene rings is 1. The molecule has 0 aromatic heterocycles. The van der Waals surface area contributed by atoms with Gasteiger partial charge in [-0.2, -0.15) is 11.8 Å². The third-order valence-electron chi connectivity index (χ3n) is 3.73. The van der Waals surface area contributed by atoms with Crippen molar-refractivity contribution >= 4 is 47.6 Å². The van der Waals surface area contributed by atoms with Crippen LogP contribution in [0.5, 0.6) is 0 Å². The van der Waals surface area contributed by atoms with E-state index in [2.05, 4.69) is 20.9 Å². The molecule has 0 saturated carbocycles. The zero-order valence-corrected chi connectivity index (χ0v) is 17.4.